The normalized spacial score (nSPS) is 14.8. The molecule has 8 heteroatoms. The molecule has 1 N–H and O–H groups in total. The summed E-state index contributed by atoms with van der Waals surface area (Å²) in [5.41, 5.74) is 0. The topological polar surface area (TPSA) is 90.4 Å². The Morgan fingerprint density at radius 2 is 1.63 bits per heavy atom. The number of amides is 3. The van der Waals surface area contributed by atoms with Gasteiger partial charge in [-0.2, -0.15) is 0 Å². The third-order valence-corrected chi connectivity index (χ3v) is 3.74. The first-order valence-corrected chi connectivity index (χ1v) is 8.19. The number of hydrogen-bond acceptors (Lipinski definition) is 5. The second kappa shape index (κ2) is 19.1. The van der Waals surface area contributed by atoms with E-state index in [9.17, 15) is 14.4 Å². The van der Waals surface area contributed by atoms with Gasteiger partial charge >= 0.3 is 0 Å². The lowest BCUT2D eigenvalue weighted by molar-refractivity contribution is -0.133. The van der Waals surface area contributed by atoms with Gasteiger partial charge in [0.05, 0.1) is 19.8 Å². The molecule has 0 aliphatic carbocycles. The summed E-state index contributed by atoms with van der Waals surface area (Å²) in [5, 5.41) is 8.29. The lowest BCUT2D eigenvalue weighted by Gasteiger charge is -2.25. The summed E-state index contributed by atoms with van der Waals surface area (Å²) in [7, 11) is 3.49. The van der Waals surface area contributed by atoms with Crippen LogP contribution in [0.4, 0.5) is 0 Å². The fourth-order valence-corrected chi connectivity index (χ4v) is 1.97. The van der Waals surface area contributed by atoms with Crippen molar-refractivity contribution in [2.24, 2.45) is 0 Å². The van der Waals surface area contributed by atoms with Crippen LogP contribution >= 0.6 is 0 Å². The Morgan fingerprint density at radius 3 is 1.81 bits per heavy atom. The molecule has 0 aromatic rings. The molecule has 2 aliphatic heterocycles. The van der Waals surface area contributed by atoms with Gasteiger partial charge in [-0.25, -0.2) is 0 Å². The summed E-state index contributed by atoms with van der Waals surface area (Å²) in [5.74, 6) is 0.428. The Morgan fingerprint density at radius 1 is 1.11 bits per heavy atom. The van der Waals surface area contributed by atoms with Crippen LogP contribution in [0.25, 0.3) is 0 Å². The largest absolute Gasteiger partial charge is 0.395 e. The fourth-order valence-electron chi connectivity index (χ4n) is 1.97. The quantitative estimate of drug-likeness (QED) is 0.767. The van der Waals surface area contributed by atoms with Crippen LogP contribution in [0.3, 0.4) is 0 Å². The zero-order valence-electron chi connectivity index (χ0n) is 15.3. The summed E-state index contributed by atoms with van der Waals surface area (Å²) >= 11 is 0. The van der Waals surface area contributed by atoms with Crippen molar-refractivity contribution in [3.05, 3.63) is 0 Å². The second-order valence-corrected chi connectivity index (χ2v) is 5.70. The molecule has 0 radical (unpaired) electrons. The second-order valence-electron chi connectivity index (χ2n) is 5.70. The Kier molecular flexibility index (Phi) is 23.3. The maximum absolute atomic E-state index is 10.7. The lowest BCUT2D eigenvalue weighted by Crippen LogP contribution is -2.39. The zero-order chi connectivity index (χ0) is 18.5. The van der Waals surface area contributed by atoms with Gasteiger partial charge in [-0.1, -0.05) is 22.3 Å². The highest BCUT2D eigenvalue weighted by atomic mass is 16.5. The predicted octanol–water partition coefficient (Wildman–Crippen LogP) is 1.47. The Labute approximate surface area is 166 Å². The monoisotopic (exact) mass is 393 g/mol. The van der Waals surface area contributed by atoms with E-state index in [4.69, 9.17) is 9.84 Å². The molecule has 0 saturated carbocycles. The fraction of sp³-hybridized carbons (Fsp3) is 0.842. The minimum absolute atomic E-state index is 0. The number of aliphatic hydroxyl groups is 1. The Bertz CT molecular complexity index is 399. The summed E-state index contributed by atoms with van der Waals surface area (Å²) in [4.78, 5) is 36.5. The van der Waals surface area contributed by atoms with Crippen LogP contribution in [0.2, 0.25) is 0 Å². The number of carbonyl (C=O) groups is 3. The number of nitrogens with zero attached hydrogens (tertiary/aromatic N) is 3. The maximum atomic E-state index is 10.7. The summed E-state index contributed by atoms with van der Waals surface area (Å²) < 4.78 is 5.06. The predicted molar refractivity (Wildman–Crippen MR) is 111 cm³/mol. The number of aliphatic hydroxyl groups excluding tert-OH is 1. The molecule has 2 heterocycles. The van der Waals surface area contributed by atoms with E-state index in [1.807, 2.05) is 7.05 Å². The van der Waals surface area contributed by atoms with Gasteiger partial charge in [-0.05, 0) is 6.42 Å². The van der Waals surface area contributed by atoms with E-state index in [2.05, 4.69) is 0 Å². The van der Waals surface area contributed by atoms with Gasteiger partial charge in [0, 0.05) is 60.5 Å². The molecule has 0 aromatic carbocycles. The van der Waals surface area contributed by atoms with Crippen LogP contribution in [0.1, 0.15) is 49.0 Å². The number of hydrogen-bond donors (Lipinski definition) is 1. The summed E-state index contributed by atoms with van der Waals surface area (Å²) in [6.07, 6.45) is 1.81. The minimum Gasteiger partial charge on any atom is -0.395 e. The molecule has 2 rings (SSSR count). The van der Waals surface area contributed by atoms with Crippen molar-refractivity contribution in [1.29, 1.82) is 0 Å². The van der Waals surface area contributed by atoms with E-state index in [-0.39, 0.29) is 40.7 Å². The maximum Gasteiger partial charge on any atom is 0.222 e. The van der Waals surface area contributed by atoms with Crippen LogP contribution in [-0.4, -0.2) is 97.6 Å². The highest BCUT2D eigenvalue weighted by molar-refractivity contribution is 5.77. The number of ether oxygens (including phenoxy) is 1. The molecule has 0 bridgehead atoms. The van der Waals surface area contributed by atoms with Gasteiger partial charge in [-0.3, -0.25) is 14.4 Å². The molecule has 2 saturated heterocycles. The molecule has 8 nitrogen and oxygen atoms in total. The van der Waals surface area contributed by atoms with E-state index in [1.165, 1.54) is 11.8 Å². The van der Waals surface area contributed by atoms with Crippen molar-refractivity contribution < 1.29 is 24.2 Å². The first kappa shape index (κ1) is 33.0. The van der Waals surface area contributed by atoms with Gasteiger partial charge in [0.15, 0.2) is 0 Å². The van der Waals surface area contributed by atoms with Crippen molar-refractivity contribution >= 4 is 17.7 Å². The molecule has 0 spiro atoms. The first-order chi connectivity index (χ1) is 11.3. The number of likely N-dealkylation sites (tertiary alicyclic amines) is 1. The van der Waals surface area contributed by atoms with Gasteiger partial charge < -0.3 is 24.5 Å². The molecule has 0 unspecified atom stereocenters. The molecule has 27 heavy (non-hydrogen) atoms. The van der Waals surface area contributed by atoms with Crippen LogP contribution < -0.4 is 0 Å². The van der Waals surface area contributed by atoms with Crippen molar-refractivity contribution in [3.8, 4) is 0 Å². The molecule has 2 fully saturated rings. The first-order valence-electron chi connectivity index (χ1n) is 8.19. The third kappa shape index (κ3) is 16.2. The third-order valence-electron chi connectivity index (χ3n) is 3.74. The van der Waals surface area contributed by atoms with Crippen LogP contribution in [0.15, 0.2) is 0 Å². The minimum atomic E-state index is -0.0148. The highest BCUT2D eigenvalue weighted by Crippen LogP contribution is 2.04. The molecular weight excluding hydrogens is 350 g/mol. The van der Waals surface area contributed by atoms with Gasteiger partial charge in [0.2, 0.25) is 17.7 Å². The van der Waals surface area contributed by atoms with Gasteiger partial charge in [-0.15, -0.1) is 0 Å². The molecular formula is C19H43N3O5. The zero-order valence-corrected chi connectivity index (χ0v) is 15.3. The molecule has 164 valence electrons. The standard InChI is InChI=1S/C6H11NO2.C5H11NO2.C5H9NO.3CH4/c1-6(8)7-2-4-9-5-3-7;1-5(8)6(2)3-4-7;1-6-4-2-3-5(6)7;;;/h2-5H2,1H3;7H,3-4H2,1-2H3;2-4H2,1H3;3*1H4. The summed E-state index contributed by atoms with van der Waals surface area (Å²) in [6, 6.07) is 0. The van der Waals surface area contributed by atoms with Crippen LogP contribution in [0, 0.1) is 0 Å². The molecule has 0 atom stereocenters. The lowest BCUT2D eigenvalue weighted by atomic mass is 10.4. The average Bonchev–Trinajstić information content (AvgIpc) is 2.93. The van der Waals surface area contributed by atoms with Crippen molar-refractivity contribution in [3.63, 3.8) is 0 Å². The van der Waals surface area contributed by atoms with E-state index in [1.54, 1.807) is 23.8 Å². The van der Waals surface area contributed by atoms with Crippen LogP contribution in [-0.2, 0) is 19.1 Å². The molecule has 0 aromatic heterocycles. The van der Waals surface area contributed by atoms with E-state index < -0.39 is 0 Å². The van der Waals surface area contributed by atoms with Gasteiger partial charge in [0.25, 0.3) is 0 Å². The summed E-state index contributed by atoms with van der Waals surface area (Å²) in [6.45, 7) is 7.38. The smallest absolute Gasteiger partial charge is 0.222 e. The number of likely N-dealkylation sites (N-methyl/N-ethyl adjacent to an activating group) is 1. The van der Waals surface area contributed by atoms with Crippen molar-refractivity contribution in [2.75, 3.05) is 60.1 Å². The average molecular weight is 394 g/mol. The van der Waals surface area contributed by atoms with E-state index in [0.29, 0.717) is 25.7 Å². The van der Waals surface area contributed by atoms with E-state index in [0.717, 1.165) is 32.5 Å². The Balaban J connectivity index is -0.000000140. The van der Waals surface area contributed by atoms with Crippen molar-refractivity contribution in [1.82, 2.24) is 14.7 Å². The number of rotatable bonds is 2. The number of carbonyl (C=O) groups excluding carboxylic acids is 3. The highest BCUT2D eigenvalue weighted by Gasteiger charge is 2.14. The van der Waals surface area contributed by atoms with Gasteiger partial charge in [0.1, 0.15) is 0 Å². The Hall–Kier alpha value is -1.67. The van der Waals surface area contributed by atoms with Crippen LogP contribution in [0.5, 0.6) is 0 Å². The SMILES string of the molecule is C.C.C.CC(=O)N(C)CCO.CC(=O)N1CCOCC1.CN1CCCC1=O. The molecule has 3 amide bonds. The van der Waals surface area contributed by atoms with E-state index >= 15 is 0 Å². The van der Waals surface area contributed by atoms with Crippen molar-refractivity contribution in [2.45, 2.75) is 49.0 Å². The molecule has 2 aliphatic rings. The number of morpholine rings is 1.